The van der Waals surface area contributed by atoms with E-state index in [2.05, 4.69) is 5.10 Å². The highest BCUT2D eigenvalue weighted by Gasteiger charge is 2.10. The van der Waals surface area contributed by atoms with Crippen LogP contribution in [0.4, 0.5) is 5.69 Å². The Hall–Kier alpha value is -1.04. The van der Waals surface area contributed by atoms with Crippen LogP contribution in [0.1, 0.15) is 24.7 Å². The van der Waals surface area contributed by atoms with E-state index in [1.807, 2.05) is 13.8 Å². The summed E-state index contributed by atoms with van der Waals surface area (Å²) in [6.07, 6.45) is 0.581. The number of hydrogen-bond donors (Lipinski definition) is 1. The van der Waals surface area contributed by atoms with E-state index in [9.17, 15) is 8.42 Å². The number of nitrogen functional groups attached to an aromatic ring is 1. The summed E-state index contributed by atoms with van der Waals surface area (Å²) in [5.74, 6) is 0.411. The molecule has 16 heavy (non-hydrogen) atoms. The molecule has 0 atom stereocenters. The molecular formula is C10H19N3O2S. The van der Waals surface area contributed by atoms with Gasteiger partial charge in [-0.3, -0.25) is 4.68 Å². The van der Waals surface area contributed by atoms with Crippen molar-refractivity contribution in [2.75, 3.05) is 17.2 Å². The molecule has 1 aromatic heterocycles. The lowest BCUT2D eigenvalue weighted by molar-refractivity contribution is 0.564. The topological polar surface area (TPSA) is 78.0 Å². The normalized spacial score (nSPS) is 11.9. The molecule has 0 unspecified atom stereocenters. The van der Waals surface area contributed by atoms with Crippen molar-refractivity contribution in [1.82, 2.24) is 9.78 Å². The average Bonchev–Trinajstić information content (AvgIpc) is 2.46. The van der Waals surface area contributed by atoms with Crippen molar-refractivity contribution in [2.45, 2.75) is 33.7 Å². The van der Waals surface area contributed by atoms with E-state index in [-0.39, 0.29) is 11.5 Å². The van der Waals surface area contributed by atoms with Gasteiger partial charge in [-0.1, -0.05) is 6.92 Å². The van der Waals surface area contributed by atoms with Crippen molar-refractivity contribution in [3.8, 4) is 0 Å². The zero-order valence-electron chi connectivity index (χ0n) is 10.0. The van der Waals surface area contributed by atoms with Gasteiger partial charge in [0.2, 0.25) is 0 Å². The van der Waals surface area contributed by atoms with E-state index in [1.165, 1.54) is 0 Å². The third-order valence-electron chi connectivity index (χ3n) is 2.70. The molecule has 6 heteroatoms. The Labute approximate surface area is 96.6 Å². The Morgan fingerprint density at radius 2 is 2.00 bits per heavy atom. The van der Waals surface area contributed by atoms with Crippen molar-refractivity contribution < 1.29 is 8.42 Å². The van der Waals surface area contributed by atoms with Crippen molar-refractivity contribution >= 4 is 15.5 Å². The lowest BCUT2D eigenvalue weighted by Gasteiger charge is -2.04. The monoisotopic (exact) mass is 245 g/mol. The first-order valence-electron chi connectivity index (χ1n) is 5.37. The second kappa shape index (κ2) is 4.86. The maximum Gasteiger partial charge on any atom is 0.150 e. The van der Waals surface area contributed by atoms with E-state index in [1.54, 1.807) is 11.6 Å². The van der Waals surface area contributed by atoms with Crippen LogP contribution in [-0.2, 0) is 16.4 Å². The van der Waals surface area contributed by atoms with Crippen LogP contribution in [-0.4, -0.2) is 29.7 Å². The fraction of sp³-hybridized carbons (Fsp3) is 0.700. The predicted molar refractivity (Wildman–Crippen MR) is 65.1 cm³/mol. The van der Waals surface area contributed by atoms with Crippen LogP contribution in [0.25, 0.3) is 0 Å². The molecule has 92 valence electrons. The summed E-state index contributed by atoms with van der Waals surface area (Å²) in [4.78, 5) is 0. The third-order valence-corrected chi connectivity index (χ3v) is 4.49. The number of nitrogens with two attached hydrogens (primary N) is 1. The molecule has 0 aliphatic rings. The van der Waals surface area contributed by atoms with Crippen molar-refractivity contribution in [3.63, 3.8) is 0 Å². The van der Waals surface area contributed by atoms with Gasteiger partial charge in [-0.05, 0) is 20.3 Å². The minimum atomic E-state index is -2.88. The Kier molecular flexibility index (Phi) is 3.96. The second-order valence-corrected chi connectivity index (χ2v) is 6.37. The Bertz CT molecular complexity index is 463. The highest BCUT2D eigenvalue weighted by atomic mass is 32.2. The van der Waals surface area contributed by atoms with Crippen LogP contribution in [0.5, 0.6) is 0 Å². The number of rotatable bonds is 5. The lowest BCUT2D eigenvalue weighted by Crippen LogP contribution is -2.12. The Morgan fingerprint density at radius 1 is 1.38 bits per heavy atom. The SMILES string of the molecule is CCS(=O)(=O)CCCn1nc(C)c(N)c1C. The summed E-state index contributed by atoms with van der Waals surface area (Å²) in [6.45, 7) is 6.00. The quantitative estimate of drug-likeness (QED) is 0.836. The number of aromatic nitrogens is 2. The standard InChI is InChI=1S/C10H19N3O2S/c1-4-16(14,15)7-5-6-13-9(3)10(11)8(2)12-13/h4-7,11H2,1-3H3. The van der Waals surface area contributed by atoms with Gasteiger partial charge < -0.3 is 5.73 Å². The first-order chi connectivity index (χ1) is 7.37. The van der Waals surface area contributed by atoms with Gasteiger partial charge in [0.05, 0.1) is 22.8 Å². The third kappa shape index (κ3) is 2.98. The molecule has 1 aromatic rings. The number of sulfone groups is 1. The van der Waals surface area contributed by atoms with E-state index in [0.717, 1.165) is 11.4 Å². The van der Waals surface area contributed by atoms with Gasteiger partial charge in [-0.15, -0.1) is 0 Å². The molecule has 0 radical (unpaired) electrons. The van der Waals surface area contributed by atoms with Crippen LogP contribution in [0.15, 0.2) is 0 Å². The summed E-state index contributed by atoms with van der Waals surface area (Å²) < 4.78 is 24.4. The fourth-order valence-corrected chi connectivity index (χ4v) is 2.36. The molecule has 0 aromatic carbocycles. The largest absolute Gasteiger partial charge is 0.396 e. The van der Waals surface area contributed by atoms with Gasteiger partial charge >= 0.3 is 0 Å². The highest BCUT2D eigenvalue weighted by Crippen LogP contribution is 2.14. The van der Waals surface area contributed by atoms with Gasteiger partial charge in [0, 0.05) is 12.3 Å². The number of hydrogen-bond acceptors (Lipinski definition) is 4. The molecule has 0 fully saturated rings. The maximum atomic E-state index is 11.3. The Morgan fingerprint density at radius 3 is 2.44 bits per heavy atom. The second-order valence-electron chi connectivity index (χ2n) is 3.90. The minimum Gasteiger partial charge on any atom is -0.396 e. The van der Waals surface area contributed by atoms with Gasteiger partial charge in [-0.25, -0.2) is 8.42 Å². The van der Waals surface area contributed by atoms with E-state index in [4.69, 9.17) is 5.73 Å². The zero-order chi connectivity index (χ0) is 12.3. The van der Waals surface area contributed by atoms with Gasteiger partial charge in [-0.2, -0.15) is 5.10 Å². The number of nitrogens with zero attached hydrogens (tertiary/aromatic N) is 2. The van der Waals surface area contributed by atoms with Crippen LogP contribution < -0.4 is 5.73 Å². The van der Waals surface area contributed by atoms with Crippen molar-refractivity contribution in [1.29, 1.82) is 0 Å². The molecule has 2 N–H and O–H groups in total. The van der Waals surface area contributed by atoms with E-state index < -0.39 is 9.84 Å². The smallest absolute Gasteiger partial charge is 0.150 e. The number of anilines is 1. The molecule has 0 saturated carbocycles. The van der Waals surface area contributed by atoms with Crippen LogP contribution in [0, 0.1) is 13.8 Å². The van der Waals surface area contributed by atoms with E-state index in [0.29, 0.717) is 18.7 Å². The van der Waals surface area contributed by atoms with Crippen LogP contribution in [0.2, 0.25) is 0 Å². The molecule has 0 amide bonds. The highest BCUT2D eigenvalue weighted by molar-refractivity contribution is 7.91. The molecule has 1 heterocycles. The average molecular weight is 245 g/mol. The Balaban J connectivity index is 2.59. The summed E-state index contributed by atoms with van der Waals surface area (Å²) in [6, 6.07) is 0. The van der Waals surface area contributed by atoms with Gasteiger partial charge in [0.1, 0.15) is 9.84 Å². The molecule has 0 bridgehead atoms. The minimum absolute atomic E-state index is 0.201. The summed E-state index contributed by atoms with van der Waals surface area (Å²) in [5.41, 5.74) is 8.19. The van der Waals surface area contributed by atoms with Crippen molar-refractivity contribution in [3.05, 3.63) is 11.4 Å². The van der Waals surface area contributed by atoms with Gasteiger partial charge in [0.25, 0.3) is 0 Å². The molecule has 0 saturated heterocycles. The lowest BCUT2D eigenvalue weighted by atomic mass is 10.3. The summed E-state index contributed by atoms with van der Waals surface area (Å²) in [5, 5.41) is 4.25. The molecule has 5 nitrogen and oxygen atoms in total. The van der Waals surface area contributed by atoms with Crippen LogP contribution >= 0.6 is 0 Å². The summed E-state index contributed by atoms with van der Waals surface area (Å²) >= 11 is 0. The molecule has 0 spiro atoms. The molecule has 0 aliphatic heterocycles. The molecule has 1 rings (SSSR count). The van der Waals surface area contributed by atoms with E-state index >= 15 is 0 Å². The zero-order valence-corrected chi connectivity index (χ0v) is 10.8. The molecule has 0 aliphatic carbocycles. The fourth-order valence-electron chi connectivity index (χ4n) is 1.51. The van der Waals surface area contributed by atoms with Crippen molar-refractivity contribution in [2.24, 2.45) is 0 Å². The molecular weight excluding hydrogens is 226 g/mol. The predicted octanol–water partition coefficient (Wildman–Crippen LogP) is 0.907. The first kappa shape index (κ1) is 13.0. The first-order valence-corrected chi connectivity index (χ1v) is 7.19. The summed E-state index contributed by atoms with van der Waals surface area (Å²) in [7, 11) is -2.88. The number of aryl methyl sites for hydroxylation is 2. The van der Waals surface area contributed by atoms with Gasteiger partial charge in [0.15, 0.2) is 0 Å². The van der Waals surface area contributed by atoms with Crippen LogP contribution in [0.3, 0.4) is 0 Å². The maximum absolute atomic E-state index is 11.3.